The minimum atomic E-state index is 1.25. The molecular weight excluding hydrogens is 165 g/mol. The number of hydrogen-bond donors (Lipinski definition) is 3. The van der Waals surface area contributed by atoms with Crippen molar-refractivity contribution in [3.63, 3.8) is 0 Å². The molecule has 2 aliphatic heterocycles. The molecule has 62 valence electrons. The standard InChI is InChI=1S/2C2H5N.CH5N.HPS/c2*1-2-3-1;2*1-2/h2*3H,1-2H2;2H2,1H3;1H/p+1. The summed E-state index contributed by atoms with van der Waals surface area (Å²) in [6.07, 6.45) is 0. The maximum atomic E-state index is 4.50. The van der Waals surface area contributed by atoms with Crippen LogP contribution >= 0.6 is 8.02 Å². The predicted molar refractivity (Wildman–Crippen MR) is 52.9 cm³/mol. The third-order valence-corrected chi connectivity index (χ3v) is 0.500. The Hall–Kier alpha value is 0.400. The quantitative estimate of drug-likeness (QED) is 0.335. The molecule has 0 radical (unpaired) electrons. The van der Waals surface area contributed by atoms with Crippen molar-refractivity contribution in [1.29, 1.82) is 0 Å². The first kappa shape index (κ1) is 13.0. The van der Waals surface area contributed by atoms with Gasteiger partial charge >= 0.3 is 0 Å². The van der Waals surface area contributed by atoms with E-state index in [4.69, 9.17) is 0 Å². The summed E-state index contributed by atoms with van der Waals surface area (Å²) in [4.78, 5) is 0. The van der Waals surface area contributed by atoms with Crippen LogP contribution < -0.4 is 16.4 Å². The lowest BCUT2D eigenvalue weighted by atomic mass is 11.0. The van der Waals surface area contributed by atoms with Crippen molar-refractivity contribution in [2.24, 2.45) is 5.73 Å². The van der Waals surface area contributed by atoms with Crippen molar-refractivity contribution in [2.45, 2.75) is 0 Å². The fourth-order valence-electron chi connectivity index (χ4n) is 0. The van der Waals surface area contributed by atoms with Crippen molar-refractivity contribution in [3.8, 4) is 0 Å². The molecule has 0 bridgehead atoms. The van der Waals surface area contributed by atoms with Crippen LogP contribution in [0.4, 0.5) is 0 Å². The van der Waals surface area contributed by atoms with E-state index >= 15 is 0 Å². The Morgan fingerprint density at radius 2 is 1.10 bits per heavy atom. The van der Waals surface area contributed by atoms with E-state index < -0.39 is 0 Å². The molecule has 3 nitrogen and oxygen atoms in total. The van der Waals surface area contributed by atoms with Gasteiger partial charge in [-0.25, -0.2) is 0 Å². The molecule has 0 aromatic heterocycles. The Balaban J connectivity index is 0. The van der Waals surface area contributed by atoms with Crippen molar-refractivity contribution in [1.82, 2.24) is 10.6 Å². The summed E-state index contributed by atoms with van der Waals surface area (Å²) in [6.45, 7) is 5.00. The molecule has 5 heteroatoms. The summed E-state index contributed by atoms with van der Waals surface area (Å²) in [5.41, 5.74) is 4.50. The van der Waals surface area contributed by atoms with Crippen molar-refractivity contribution in [2.75, 3.05) is 33.2 Å². The van der Waals surface area contributed by atoms with Crippen LogP contribution in [0.15, 0.2) is 0 Å². The van der Waals surface area contributed by atoms with Gasteiger partial charge in [-0.3, -0.25) is 0 Å². The SMILES string of the molecule is C1CN1.C1CN1.CN.[PH2+]=S. The molecule has 2 rings (SSSR count). The summed E-state index contributed by atoms with van der Waals surface area (Å²) in [6, 6.07) is 0. The third kappa shape index (κ3) is 79.9. The van der Waals surface area contributed by atoms with E-state index in [1.165, 1.54) is 33.2 Å². The van der Waals surface area contributed by atoms with E-state index in [-0.39, 0.29) is 0 Å². The van der Waals surface area contributed by atoms with Crippen LogP contribution in [0.3, 0.4) is 0 Å². The van der Waals surface area contributed by atoms with E-state index in [1.807, 2.05) is 8.02 Å². The first-order valence-electron chi connectivity index (χ1n) is 3.23. The summed E-state index contributed by atoms with van der Waals surface area (Å²) in [7, 11) is 3.50. The van der Waals surface area contributed by atoms with Gasteiger partial charge in [0.1, 0.15) is 8.02 Å². The van der Waals surface area contributed by atoms with Gasteiger partial charge < -0.3 is 16.4 Å². The van der Waals surface area contributed by atoms with E-state index in [2.05, 4.69) is 28.2 Å². The predicted octanol–water partition coefficient (Wildman–Crippen LogP) is -0.922. The van der Waals surface area contributed by atoms with Gasteiger partial charge in [-0.05, 0) is 7.05 Å². The first-order valence-corrected chi connectivity index (χ1v) is 5.11. The zero-order chi connectivity index (χ0) is 8.24. The fraction of sp³-hybridized carbons (Fsp3) is 1.00. The summed E-state index contributed by atoms with van der Waals surface area (Å²) < 4.78 is 0. The Morgan fingerprint density at radius 1 is 1.00 bits per heavy atom. The van der Waals surface area contributed by atoms with Crippen molar-refractivity contribution >= 4 is 19.8 Å². The molecule has 0 saturated carbocycles. The normalized spacial score (nSPS) is 15.4. The molecule has 0 aromatic carbocycles. The lowest BCUT2D eigenvalue weighted by Crippen LogP contribution is -1.69. The summed E-state index contributed by atoms with van der Waals surface area (Å²) in [5.74, 6) is 0. The molecule has 2 heterocycles. The highest BCUT2D eigenvalue weighted by molar-refractivity contribution is 7.88. The average molecular weight is 182 g/mol. The van der Waals surface area contributed by atoms with Gasteiger partial charge in [-0.15, -0.1) is 0 Å². The molecule has 10 heavy (non-hydrogen) atoms. The molecule has 0 aliphatic carbocycles. The molecular formula is C5H17N3PS+. The second-order valence-corrected chi connectivity index (χ2v) is 1.50. The molecule has 0 amide bonds. The lowest BCUT2D eigenvalue weighted by Gasteiger charge is -1.21. The van der Waals surface area contributed by atoms with E-state index in [0.717, 1.165) is 0 Å². The maximum Gasteiger partial charge on any atom is 0.153 e. The number of rotatable bonds is 0. The van der Waals surface area contributed by atoms with E-state index in [0.29, 0.717) is 0 Å². The van der Waals surface area contributed by atoms with Gasteiger partial charge in [0, 0.05) is 26.2 Å². The zero-order valence-corrected chi connectivity index (χ0v) is 8.36. The average Bonchev–Trinajstić information content (AvgIpc) is 2.84. The monoisotopic (exact) mass is 182 g/mol. The summed E-state index contributed by atoms with van der Waals surface area (Å²) in [5, 5.41) is 6.00. The molecule has 2 aliphatic rings. The second kappa shape index (κ2) is 16.2. The molecule has 2 saturated heterocycles. The highest BCUT2D eigenvalue weighted by atomic mass is 32.4. The minimum Gasteiger partial charge on any atom is -0.333 e. The smallest absolute Gasteiger partial charge is 0.153 e. The van der Waals surface area contributed by atoms with Crippen LogP contribution in [0.25, 0.3) is 0 Å². The second-order valence-electron chi connectivity index (χ2n) is 1.50. The van der Waals surface area contributed by atoms with E-state index in [1.54, 1.807) is 0 Å². The Morgan fingerprint density at radius 3 is 1.10 bits per heavy atom. The van der Waals surface area contributed by atoms with Crippen LogP contribution in [0.5, 0.6) is 0 Å². The van der Waals surface area contributed by atoms with Crippen LogP contribution in [-0.2, 0) is 11.8 Å². The highest BCUT2D eigenvalue weighted by Gasteiger charge is 1.91. The lowest BCUT2D eigenvalue weighted by molar-refractivity contribution is 1.34. The van der Waals surface area contributed by atoms with Crippen molar-refractivity contribution < 1.29 is 0 Å². The van der Waals surface area contributed by atoms with Gasteiger partial charge in [0.2, 0.25) is 0 Å². The van der Waals surface area contributed by atoms with Crippen LogP contribution in [0.2, 0.25) is 0 Å². The maximum absolute atomic E-state index is 4.50. The van der Waals surface area contributed by atoms with Crippen LogP contribution in [0, 0.1) is 0 Å². The molecule has 1 atom stereocenters. The van der Waals surface area contributed by atoms with Gasteiger partial charge in [0.05, 0.1) is 0 Å². The molecule has 0 aromatic rings. The number of nitrogens with one attached hydrogen (secondary N) is 2. The largest absolute Gasteiger partial charge is 0.333 e. The highest BCUT2D eigenvalue weighted by Crippen LogP contribution is 1.65. The molecule has 0 spiro atoms. The van der Waals surface area contributed by atoms with Gasteiger partial charge in [0.25, 0.3) is 0 Å². The van der Waals surface area contributed by atoms with Gasteiger partial charge in [-0.2, -0.15) is 0 Å². The summed E-state index contributed by atoms with van der Waals surface area (Å²) >= 11 is 4.00. The van der Waals surface area contributed by atoms with Crippen LogP contribution in [0.1, 0.15) is 0 Å². The number of hydrogen-bond acceptors (Lipinski definition) is 4. The fourth-order valence-corrected chi connectivity index (χ4v) is 0. The Bertz CT molecular complexity index is 40.6. The van der Waals surface area contributed by atoms with Crippen molar-refractivity contribution in [3.05, 3.63) is 0 Å². The Kier molecular flexibility index (Phi) is 21.1. The van der Waals surface area contributed by atoms with Gasteiger partial charge in [0.15, 0.2) is 11.8 Å². The zero-order valence-electron chi connectivity index (χ0n) is 6.39. The number of nitrogens with two attached hydrogens (primary N) is 1. The van der Waals surface area contributed by atoms with Gasteiger partial charge in [-0.1, -0.05) is 0 Å². The molecule has 1 unspecified atom stereocenters. The van der Waals surface area contributed by atoms with Crippen LogP contribution in [-0.4, -0.2) is 33.2 Å². The first-order chi connectivity index (χ1) is 5.00. The molecule has 4 N–H and O–H groups in total. The third-order valence-electron chi connectivity index (χ3n) is 0.500. The topological polar surface area (TPSA) is 69.9 Å². The molecule has 2 fully saturated rings. The Labute approximate surface area is 70.0 Å². The van der Waals surface area contributed by atoms with E-state index in [9.17, 15) is 0 Å². The minimum absolute atomic E-state index is 1.25.